The number of nitrogens with one attached hydrogen (secondary N) is 1. The summed E-state index contributed by atoms with van der Waals surface area (Å²) in [6.07, 6.45) is 0. The van der Waals surface area contributed by atoms with E-state index in [2.05, 4.69) is 48.9 Å². The molecule has 4 heteroatoms. The summed E-state index contributed by atoms with van der Waals surface area (Å²) in [6.45, 7) is 8.73. The van der Waals surface area contributed by atoms with E-state index in [1.165, 1.54) is 11.1 Å². The van der Waals surface area contributed by atoms with E-state index in [0.717, 1.165) is 24.5 Å². The number of ether oxygens (including phenoxy) is 1. The Morgan fingerprint density at radius 2 is 2.32 bits per heavy atom. The maximum absolute atomic E-state index is 5.68. The molecule has 0 unspecified atom stereocenters. The van der Waals surface area contributed by atoms with Crippen molar-refractivity contribution in [3.05, 3.63) is 29.6 Å². The van der Waals surface area contributed by atoms with Crippen molar-refractivity contribution in [2.24, 2.45) is 0 Å². The van der Waals surface area contributed by atoms with Crippen LogP contribution in [0.3, 0.4) is 0 Å². The molecule has 0 radical (unpaired) electrons. The van der Waals surface area contributed by atoms with Crippen LogP contribution in [-0.4, -0.2) is 28.7 Å². The number of rotatable bonds is 3. The lowest BCUT2D eigenvalue weighted by Gasteiger charge is -2.27. The van der Waals surface area contributed by atoms with Crippen LogP contribution in [0.25, 0.3) is 11.0 Å². The zero-order valence-electron chi connectivity index (χ0n) is 11.8. The van der Waals surface area contributed by atoms with Gasteiger partial charge in [-0.2, -0.15) is 0 Å². The maximum atomic E-state index is 5.68. The number of fused-ring (bicyclic) bond motifs is 3. The molecule has 3 rings (SSSR count). The molecule has 1 atom stereocenters. The van der Waals surface area contributed by atoms with Gasteiger partial charge < -0.3 is 14.6 Å². The Morgan fingerprint density at radius 1 is 1.47 bits per heavy atom. The summed E-state index contributed by atoms with van der Waals surface area (Å²) in [5.74, 6) is 1.04. The third-order valence-corrected chi connectivity index (χ3v) is 3.59. The molecule has 4 nitrogen and oxygen atoms in total. The van der Waals surface area contributed by atoms with Crippen LogP contribution in [0, 0.1) is 6.92 Å². The average Bonchev–Trinajstić information content (AvgIpc) is 2.73. The molecule has 0 bridgehead atoms. The minimum atomic E-state index is 0.332. The lowest BCUT2D eigenvalue weighted by atomic mass is 10.2. The monoisotopic (exact) mass is 259 g/mol. The molecule has 1 aliphatic rings. The molecule has 1 N–H and O–H groups in total. The third kappa shape index (κ3) is 2.38. The summed E-state index contributed by atoms with van der Waals surface area (Å²) in [5, 5.41) is 3.49. The van der Waals surface area contributed by atoms with Gasteiger partial charge in [0.1, 0.15) is 12.4 Å². The van der Waals surface area contributed by atoms with E-state index in [-0.39, 0.29) is 0 Å². The Bertz CT molecular complexity index is 588. The molecule has 0 saturated carbocycles. The number of benzene rings is 1. The fourth-order valence-electron chi connectivity index (χ4n) is 2.65. The molecule has 0 fully saturated rings. The predicted octanol–water partition coefficient (Wildman–Crippen LogP) is 2.41. The fraction of sp³-hybridized carbons (Fsp3) is 0.533. The number of hydrogen-bond donors (Lipinski definition) is 1. The van der Waals surface area contributed by atoms with Crippen molar-refractivity contribution in [2.45, 2.75) is 39.5 Å². The molecule has 0 spiro atoms. The van der Waals surface area contributed by atoms with Crippen LogP contribution in [0.5, 0.6) is 0 Å². The van der Waals surface area contributed by atoms with Crippen LogP contribution in [0.4, 0.5) is 0 Å². The highest BCUT2D eigenvalue weighted by Gasteiger charge is 2.23. The standard InChI is InChI=1S/C15H21N3O/c1-10(2)16-7-12-8-19-9-15-17-13-6-11(3)4-5-14(13)18(12)15/h4-6,10,12,16H,7-9H2,1-3H3/t12-/m0/s1. The smallest absolute Gasteiger partial charge is 0.136 e. The van der Waals surface area contributed by atoms with E-state index in [1.807, 2.05) is 0 Å². The van der Waals surface area contributed by atoms with Crippen LogP contribution in [0.1, 0.15) is 31.3 Å². The quantitative estimate of drug-likeness (QED) is 0.920. The zero-order valence-corrected chi connectivity index (χ0v) is 11.8. The molecule has 0 aliphatic carbocycles. The van der Waals surface area contributed by atoms with Crippen LogP contribution in [0.15, 0.2) is 18.2 Å². The summed E-state index contributed by atoms with van der Waals surface area (Å²) in [4.78, 5) is 4.70. The van der Waals surface area contributed by atoms with Gasteiger partial charge in [0.25, 0.3) is 0 Å². The van der Waals surface area contributed by atoms with E-state index in [0.29, 0.717) is 18.7 Å². The van der Waals surface area contributed by atoms with Crippen molar-refractivity contribution in [1.82, 2.24) is 14.9 Å². The fourth-order valence-corrected chi connectivity index (χ4v) is 2.65. The summed E-state index contributed by atoms with van der Waals surface area (Å²) in [6, 6.07) is 7.29. The third-order valence-electron chi connectivity index (χ3n) is 3.59. The minimum absolute atomic E-state index is 0.332. The van der Waals surface area contributed by atoms with Crippen molar-refractivity contribution in [3.8, 4) is 0 Å². The number of hydrogen-bond acceptors (Lipinski definition) is 3. The SMILES string of the molecule is Cc1ccc2c(c1)nc1n2[C@@H](CNC(C)C)COC1. The Hall–Kier alpha value is -1.39. The molecule has 0 amide bonds. The first kappa shape index (κ1) is 12.6. The highest BCUT2D eigenvalue weighted by molar-refractivity contribution is 5.77. The van der Waals surface area contributed by atoms with Crippen molar-refractivity contribution >= 4 is 11.0 Å². The summed E-state index contributed by atoms with van der Waals surface area (Å²) < 4.78 is 8.02. The largest absolute Gasteiger partial charge is 0.371 e. The highest BCUT2D eigenvalue weighted by atomic mass is 16.5. The normalized spacial score (nSPS) is 19.1. The van der Waals surface area contributed by atoms with Gasteiger partial charge in [-0.1, -0.05) is 19.9 Å². The van der Waals surface area contributed by atoms with E-state index in [9.17, 15) is 0 Å². The maximum Gasteiger partial charge on any atom is 0.136 e. The van der Waals surface area contributed by atoms with E-state index in [1.54, 1.807) is 0 Å². The second-order valence-corrected chi connectivity index (χ2v) is 5.62. The lowest BCUT2D eigenvalue weighted by Crippen LogP contribution is -2.35. The van der Waals surface area contributed by atoms with Gasteiger partial charge in [-0.3, -0.25) is 0 Å². The Kier molecular flexibility index (Phi) is 3.29. The van der Waals surface area contributed by atoms with E-state index >= 15 is 0 Å². The second-order valence-electron chi connectivity index (χ2n) is 5.62. The van der Waals surface area contributed by atoms with Crippen LogP contribution < -0.4 is 5.32 Å². The highest BCUT2D eigenvalue weighted by Crippen LogP contribution is 2.26. The molecule has 102 valence electrons. The minimum Gasteiger partial charge on any atom is -0.371 e. The Labute approximate surface area is 113 Å². The molecule has 0 saturated heterocycles. The lowest BCUT2D eigenvalue weighted by molar-refractivity contribution is 0.0559. The van der Waals surface area contributed by atoms with Gasteiger partial charge in [0.15, 0.2) is 0 Å². The molecular weight excluding hydrogens is 238 g/mol. The summed E-state index contributed by atoms with van der Waals surface area (Å²) in [7, 11) is 0. The molecule has 1 aromatic carbocycles. The first-order chi connectivity index (χ1) is 9.15. The van der Waals surface area contributed by atoms with Gasteiger partial charge in [0.2, 0.25) is 0 Å². The Balaban J connectivity index is 2.00. The van der Waals surface area contributed by atoms with Gasteiger partial charge >= 0.3 is 0 Å². The summed E-state index contributed by atoms with van der Waals surface area (Å²) >= 11 is 0. The second kappa shape index (κ2) is 4.94. The van der Waals surface area contributed by atoms with Crippen molar-refractivity contribution < 1.29 is 4.74 Å². The zero-order chi connectivity index (χ0) is 13.4. The topological polar surface area (TPSA) is 39.1 Å². The number of aromatic nitrogens is 2. The molecule has 2 heterocycles. The van der Waals surface area contributed by atoms with Crippen LogP contribution in [0.2, 0.25) is 0 Å². The van der Waals surface area contributed by atoms with Gasteiger partial charge in [0.05, 0.1) is 23.7 Å². The van der Waals surface area contributed by atoms with Gasteiger partial charge in [-0.05, 0) is 24.6 Å². The van der Waals surface area contributed by atoms with E-state index < -0.39 is 0 Å². The molecule has 1 aliphatic heterocycles. The van der Waals surface area contributed by atoms with E-state index in [4.69, 9.17) is 9.72 Å². The molecular formula is C15H21N3O. The number of aryl methyl sites for hydroxylation is 1. The average molecular weight is 259 g/mol. The van der Waals surface area contributed by atoms with Gasteiger partial charge in [0, 0.05) is 12.6 Å². The van der Waals surface area contributed by atoms with Gasteiger partial charge in [-0.15, -0.1) is 0 Å². The molecule has 19 heavy (non-hydrogen) atoms. The molecule has 1 aromatic heterocycles. The van der Waals surface area contributed by atoms with Crippen molar-refractivity contribution in [3.63, 3.8) is 0 Å². The number of imidazole rings is 1. The van der Waals surface area contributed by atoms with Crippen LogP contribution >= 0.6 is 0 Å². The van der Waals surface area contributed by atoms with Crippen LogP contribution in [-0.2, 0) is 11.3 Å². The predicted molar refractivity (Wildman–Crippen MR) is 76.3 cm³/mol. The van der Waals surface area contributed by atoms with Gasteiger partial charge in [-0.25, -0.2) is 4.98 Å². The molecule has 2 aromatic rings. The van der Waals surface area contributed by atoms with Crippen molar-refractivity contribution in [1.29, 1.82) is 0 Å². The summed E-state index contributed by atoms with van der Waals surface area (Å²) in [5.41, 5.74) is 3.55. The Morgan fingerprint density at radius 3 is 3.11 bits per heavy atom. The first-order valence-corrected chi connectivity index (χ1v) is 6.93. The number of nitrogens with zero attached hydrogens (tertiary/aromatic N) is 2. The van der Waals surface area contributed by atoms with Crippen molar-refractivity contribution in [2.75, 3.05) is 13.2 Å². The first-order valence-electron chi connectivity index (χ1n) is 6.93.